The monoisotopic (exact) mass is 355 g/mol. The summed E-state index contributed by atoms with van der Waals surface area (Å²) in [6, 6.07) is 5.43. The van der Waals surface area contributed by atoms with Crippen LogP contribution < -0.4 is 5.32 Å². The third-order valence-corrected chi connectivity index (χ3v) is 3.53. The van der Waals surface area contributed by atoms with E-state index in [1.54, 1.807) is 13.0 Å². The summed E-state index contributed by atoms with van der Waals surface area (Å²) in [5, 5.41) is 12.7. The summed E-state index contributed by atoms with van der Waals surface area (Å²) >= 11 is 3.36. The van der Waals surface area contributed by atoms with Gasteiger partial charge < -0.3 is 19.6 Å². The van der Waals surface area contributed by atoms with Crippen molar-refractivity contribution in [2.75, 3.05) is 13.7 Å². The first-order chi connectivity index (χ1) is 9.93. The maximum Gasteiger partial charge on any atom is 0.336 e. The van der Waals surface area contributed by atoms with E-state index in [4.69, 9.17) is 4.42 Å². The number of hydrogen-bond donors (Lipinski definition) is 2. The van der Waals surface area contributed by atoms with Crippen LogP contribution in [0.1, 0.15) is 16.1 Å². The highest BCUT2D eigenvalue weighted by molar-refractivity contribution is 9.10. The van der Waals surface area contributed by atoms with Gasteiger partial charge in [0.05, 0.1) is 13.7 Å². The number of rotatable bonds is 4. The van der Waals surface area contributed by atoms with E-state index in [1.165, 1.54) is 0 Å². The van der Waals surface area contributed by atoms with Crippen molar-refractivity contribution >= 4 is 38.8 Å². The predicted molar refractivity (Wildman–Crippen MR) is 79.0 cm³/mol. The predicted octanol–water partition coefficient (Wildman–Crippen LogP) is 1.77. The normalized spacial score (nSPS) is 12.2. The van der Waals surface area contributed by atoms with Crippen LogP contribution in [0.4, 0.5) is 0 Å². The minimum absolute atomic E-state index is 0.153. The molecule has 0 saturated carbocycles. The van der Waals surface area contributed by atoms with Gasteiger partial charge in [-0.2, -0.15) is 0 Å². The molecule has 7 heteroatoms. The third-order valence-electron chi connectivity index (χ3n) is 3.03. The summed E-state index contributed by atoms with van der Waals surface area (Å²) < 4.78 is 10.8. The number of ether oxygens (including phenoxy) is 1. The van der Waals surface area contributed by atoms with Gasteiger partial charge in [-0.3, -0.25) is 4.79 Å². The molecule has 0 aliphatic rings. The summed E-state index contributed by atoms with van der Waals surface area (Å²) in [7, 11) is 1.16. The zero-order chi connectivity index (χ0) is 15.6. The Morgan fingerprint density at radius 1 is 1.48 bits per heavy atom. The number of hydrogen-bond acceptors (Lipinski definition) is 5. The van der Waals surface area contributed by atoms with Gasteiger partial charge >= 0.3 is 5.97 Å². The quantitative estimate of drug-likeness (QED) is 0.815. The van der Waals surface area contributed by atoms with Crippen molar-refractivity contribution in [1.82, 2.24) is 5.32 Å². The minimum atomic E-state index is -1.40. The van der Waals surface area contributed by atoms with Gasteiger partial charge in [-0.15, -0.1) is 0 Å². The Hall–Kier alpha value is -1.86. The van der Waals surface area contributed by atoms with Crippen LogP contribution in [-0.4, -0.2) is 36.7 Å². The van der Waals surface area contributed by atoms with Crippen LogP contribution in [0.25, 0.3) is 11.0 Å². The lowest BCUT2D eigenvalue weighted by atomic mass is 10.1. The number of nitrogens with one attached hydrogen (secondary N) is 1. The van der Waals surface area contributed by atoms with Gasteiger partial charge in [-0.25, -0.2) is 4.79 Å². The third kappa shape index (κ3) is 3.25. The average Bonchev–Trinajstić information content (AvgIpc) is 2.80. The number of amides is 1. The molecule has 2 rings (SSSR count). The maximum absolute atomic E-state index is 12.1. The van der Waals surface area contributed by atoms with E-state index >= 15 is 0 Å². The topological polar surface area (TPSA) is 88.8 Å². The first-order valence-electron chi connectivity index (χ1n) is 6.16. The maximum atomic E-state index is 12.1. The molecule has 1 aromatic heterocycles. The van der Waals surface area contributed by atoms with Crippen molar-refractivity contribution in [2.24, 2.45) is 0 Å². The number of carbonyl (C=O) groups is 2. The number of fused-ring (bicyclic) bond motifs is 1. The molecule has 0 spiro atoms. The first-order valence-corrected chi connectivity index (χ1v) is 6.96. The molecule has 1 atom stereocenters. The van der Waals surface area contributed by atoms with Crippen molar-refractivity contribution in [1.29, 1.82) is 0 Å². The number of esters is 1. The Balaban J connectivity index is 2.16. The van der Waals surface area contributed by atoms with Gasteiger partial charge in [0.1, 0.15) is 5.58 Å². The van der Waals surface area contributed by atoms with E-state index in [1.807, 2.05) is 12.1 Å². The van der Waals surface area contributed by atoms with Crippen LogP contribution in [0.15, 0.2) is 27.1 Å². The Morgan fingerprint density at radius 3 is 2.86 bits per heavy atom. The molecule has 1 unspecified atom stereocenters. The SMILES string of the molecule is COC(=O)C(O)CNC(=O)c1oc2ccc(Br)cc2c1C. The molecule has 1 heterocycles. The van der Waals surface area contributed by atoms with Crippen LogP contribution in [0.5, 0.6) is 0 Å². The molecule has 0 fully saturated rings. The average molecular weight is 356 g/mol. The molecule has 6 nitrogen and oxygen atoms in total. The second-order valence-corrected chi connectivity index (χ2v) is 5.36. The van der Waals surface area contributed by atoms with Gasteiger partial charge in [0.2, 0.25) is 0 Å². The van der Waals surface area contributed by atoms with Crippen LogP contribution in [0, 0.1) is 6.92 Å². The Morgan fingerprint density at radius 2 is 2.19 bits per heavy atom. The number of aliphatic hydroxyl groups excluding tert-OH is 1. The van der Waals surface area contributed by atoms with Crippen molar-refractivity contribution in [3.05, 3.63) is 34.0 Å². The number of halogens is 1. The van der Waals surface area contributed by atoms with Crippen molar-refractivity contribution < 1.29 is 23.8 Å². The molecule has 0 aliphatic heterocycles. The number of aliphatic hydroxyl groups is 1. The molecule has 2 aromatic rings. The van der Waals surface area contributed by atoms with Crippen molar-refractivity contribution in [3.63, 3.8) is 0 Å². The summed E-state index contributed by atoms with van der Waals surface area (Å²) in [5.74, 6) is -1.15. The highest BCUT2D eigenvalue weighted by Gasteiger charge is 2.21. The Labute approximate surface area is 129 Å². The second-order valence-electron chi connectivity index (χ2n) is 4.45. The van der Waals surface area contributed by atoms with E-state index in [-0.39, 0.29) is 12.3 Å². The highest BCUT2D eigenvalue weighted by atomic mass is 79.9. The zero-order valence-electron chi connectivity index (χ0n) is 11.5. The number of benzene rings is 1. The molecule has 112 valence electrons. The van der Waals surface area contributed by atoms with Gasteiger partial charge in [0.25, 0.3) is 5.91 Å². The standard InChI is InChI=1S/C14H14BrNO5/c1-7-9-5-8(15)3-4-11(9)21-12(7)13(18)16-6-10(17)14(19)20-2/h3-5,10,17H,6H2,1-2H3,(H,16,18). The van der Waals surface area contributed by atoms with Crippen LogP contribution >= 0.6 is 15.9 Å². The Kier molecular flexibility index (Phi) is 4.64. The molecule has 1 aromatic carbocycles. The lowest BCUT2D eigenvalue weighted by Crippen LogP contribution is -2.37. The van der Waals surface area contributed by atoms with Gasteiger partial charge in [0.15, 0.2) is 11.9 Å². The molecule has 0 saturated heterocycles. The Bertz CT molecular complexity index is 694. The summed E-state index contributed by atoms with van der Waals surface area (Å²) in [6.07, 6.45) is -1.40. The summed E-state index contributed by atoms with van der Waals surface area (Å²) in [6.45, 7) is 1.52. The van der Waals surface area contributed by atoms with E-state index in [9.17, 15) is 14.7 Å². The van der Waals surface area contributed by atoms with E-state index < -0.39 is 18.0 Å². The molecule has 0 aliphatic carbocycles. The van der Waals surface area contributed by atoms with Gasteiger partial charge in [-0.1, -0.05) is 15.9 Å². The zero-order valence-corrected chi connectivity index (χ0v) is 13.1. The number of carbonyl (C=O) groups excluding carboxylic acids is 2. The van der Waals surface area contributed by atoms with Gasteiger partial charge in [0, 0.05) is 15.4 Å². The fourth-order valence-corrected chi connectivity index (χ4v) is 2.26. The lowest BCUT2D eigenvalue weighted by molar-refractivity contribution is -0.149. The van der Waals surface area contributed by atoms with Crippen LogP contribution in [0.2, 0.25) is 0 Å². The van der Waals surface area contributed by atoms with E-state index in [0.29, 0.717) is 11.1 Å². The lowest BCUT2D eigenvalue weighted by Gasteiger charge is -2.08. The largest absolute Gasteiger partial charge is 0.467 e. The van der Waals surface area contributed by atoms with Crippen molar-refractivity contribution in [2.45, 2.75) is 13.0 Å². The minimum Gasteiger partial charge on any atom is -0.467 e. The fraction of sp³-hybridized carbons (Fsp3) is 0.286. The molecule has 21 heavy (non-hydrogen) atoms. The van der Waals surface area contributed by atoms with E-state index in [0.717, 1.165) is 17.0 Å². The number of furan rings is 1. The summed E-state index contributed by atoms with van der Waals surface area (Å²) in [5.41, 5.74) is 1.28. The number of methoxy groups -OCH3 is 1. The highest BCUT2D eigenvalue weighted by Crippen LogP contribution is 2.27. The van der Waals surface area contributed by atoms with Crippen molar-refractivity contribution in [3.8, 4) is 0 Å². The number of aryl methyl sites for hydroxylation is 1. The molecular formula is C14H14BrNO5. The molecule has 1 amide bonds. The molecule has 0 radical (unpaired) electrons. The smallest absolute Gasteiger partial charge is 0.336 e. The second kappa shape index (κ2) is 6.28. The van der Waals surface area contributed by atoms with Gasteiger partial charge in [-0.05, 0) is 25.1 Å². The summed E-state index contributed by atoms with van der Waals surface area (Å²) in [4.78, 5) is 23.1. The van der Waals surface area contributed by atoms with Crippen LogP contribution in [0.3, 0.4) is 0 Å². The van der Waals surface area contributed by atoms with E-state index in [2.05, 4.69) is 26.0 Å². The first kappa shape index (κ1) is 15.5. The van der Waals surface area contributed by atoms with Crippen LogP contribution in [-0.2, 0) is 9.53 Å². The fourth-order valence-electron chi connectivity index (χ4n) is 1.90. The molecule has 0 bridgehead atoms. The molecular weight excluding hydrogens is 342 g/mol. The molecule has 2 N–H and O–H groups in total.